The van der Waals surface area contributed by atoms with E-state index >= 15 is 0 Å². The molecule has 0 N–H and O–H groups in total. The van der Waals surface area contributed by atoms with Gasteiger partial charge in [0, 0.05) is 7.05 Å². The Morgan fingerprint density at radius 1 is 1.32 bits per heavy atom. The Hall–Kier alpha value is -2.54. The van der Waals surface area contributed by atoms with Crippen molar-refractivity contribution in [2.24, 2.45) is 7.05 Å². The SMILES string of the molecule is COC(=O)c1cc(CSc2nc3ccc(C)cc3c(=O)n2C)oc1C. The maximum absolute atomic E-state index is 12.5. The number of methoxy groups -OCH3 is 1. The fourth-order valence-electron chi connectivity index (χ4n) is 2.56. The van der Waals surface area contributed by atoms with Crippen LogP contribution in [0, 0.1) is 13.8 Å². The average molecular weight is 358 g/mol. The molecule has 0 amide bonds. The molecular formula is C18H18N2O4S. The van der Waals surface area contributed by atoms with Gasteiger partial charge in [-0.3, -0.25) is 9.36 Å². The van der Waals surface area contributed by atoms with Crippen molar-refractivity contribution in [3.8, 4) is 0 Å². The number of esters is 1. The standard InChI is InChI=1S/C18H18N2O4S/c1-10-5-6-15-14(7-10)16(21)20(3)18(19-15)25-9-12-8-13(11(2)24-12)17(22)23-4/h5-8H,9H2,1-4H3. The number of carbonyl (C=O) groups is 1. The molecule has 0 spiro atoms. The number of hydrogen-bond donors (Lipinski definition) is 0. The fourth-order valence-corrected chi connectivity index (χ4v) is 3.41. The Morgan fingerprint density at radius 2 is 2.08 bits per heavy atom. The molecule has 0 aliphatic heterocycles. The highest BCUT2D eigenvalue weighted by Crippen LogP contribution is 2.25. The van der Waals surface area contributed by atoms with E-state index in [2.05, 4.69) is 4.98 Å². The number of aryl methyl sites for hydroxylation is 2. The van der Waals surface area contributed by atoms with Crippen LogP contribution in [0.5, 0.6) is 0 Å². The van der Waals surface area contributed by atoms with Gasteiger partial charge in [0.15, 0.2) is 5.16 Å². The van der Waals surface area contributed by atoms with Crippen LogP contribution in [0.2, 0.25) is 0 Å². The van der Waals surface area contributed by atoms with Crippen LogP contribution in [0.4, 0.5) is 0 Å². The van der Waals surface area contributed by atoms with Crippen LogP contribution < -0.4 is 5.56 Å². The largest absolute Gasteiger partial charge is 0.465 e. The summed E-state index contributed by atoms with van der Waals surface area (Å²) in [6.07, 6.45) is 0. The van der Waals surface area contributed by atoms with Crippen molar-refractivity contribution in [1.29, 1.82) is 0 Å². The van der Waals surface area contributed by atoms with Gasteiger partial charge in [-0.15, -0.1) is 0 Å². The Bertz CT molecular complexity index is 1020. The molecule has 2 aromatic heterocycles. The van der Waals surface area contributed by atoms with Crippen molar-refractivity contribution < 1.29 is 13.9 Å². The number of fused-ring (bicyclic) bond motifs is 1. The molecule has 0 saturated carbocycles. The van der Waals surface area contributed by atoms with E-state index in [0.717, 1.165) is 5.56 Å². The highest BCUT2D eigenvalue weighted by Gasteiger charge is 2.16. The number of hydrogen-bond acceptors (Lipinski definition) is 6. The van der Waals surface area contributed by atoms with Crippen LogP contribution in [0.1, 0.15) is 27.4 Å². The summed E-state index contributed by atoms with van der Waals surface area (Å²) in [7, 11) is 3.03. The van der Waals surface area contributed by atoms with Crippen LogP contribution in [0.25, 0.3) is 10.9 Å². The summed E-state index contributed by atoms with van der Waals surface area (Å²) >= 11 is 1.38. The first-order valence-electron chi connectivity index (χ1n) is 7.68. The quantitative estimate of drug-likeness (QED) is 0.405. The number of carbonyl (C=O) groups excluding carboxylic acids is 1. The van der Waals surface area contributed by atoms with Gasteiger partial charge in [-0.2, -0.15) is 0 Å². The Balaban J connectivity index is 1.89. The van der Waals surface area contributed by atoms with E-state index in [4.69, 9.17) is 9.15 Å². The average Bonchev–Trinajstić information content (AvgIpc) is 2.97. The summed E-state index contributed by atoms with van der Waals surface area (Å²) in [6.45, 7) is 3.66. The van der Waals surface area contributed by atoms with Gasteiger partial charge in [-0.1, -0.05) is 23.4 Å². The summed E-state index contributed by atoms with van der Waals surface area (Å²) in [5.74, 6) is 1.17. The molecule has 0 bridgehead atoms. The first kappa shape index (κ1) is 17.3. The van der Waals surface area contributed by atoms with E-state index in [1.807, 2.05) is 25.1 Å². The second kappa shape index (κ2) is 6.76. The van der Waals surface area contributed by atoms with Crippen LogP contribution in [0.3, 0.4) is 0 Å². The van der Waals surface area contributed by atoms with Crippen molar-refractivity contribution in [2.75, 3.05) is 7.11 Å². The molecule has 3 rings (SSSR count). The molecule has 0 aliphatic carbocycles. The summed E-state index contributed by atoms with van der Waals surface area (Å²) in [5, 5.41) is 1.20. The van der Waals surface area contributed by atoms with Crippen LogP contribution in [-0.2, 0) is 17.5 Å². The van der Waals surface area contributed by atoms with Crippen molar-refractivity contribution in [3.05, 3.63) is 57.3 Å². The van der Waals surface area contributed by atoms with Crippen molar-refractivity contribution >= 4 is 28.6 Å². The molecule has 0 radical (unpaired) electrons. The van der Waals surface area contributed by atoms with Crippen molar-refractivity contribution in [3.63, 3.8) is 0 Å². The van der Waals surface area contributed by atoms with Gasteiger partial charge in [0.05, 0.1) is 23.8 Å². The molecule has 0 aliphatic rings. The number of ether oxygens (including phenoxy) is 1. The highest BCUT2D eigenvalue weighted by atomic mass is 32.2. The Kier molecular flexibility index (Phi) is 4.67. The van der Waals surface area contributed by atoms with E-state index in [1.54, 1.807) is 20.0 Å². The Morgan fingerprint density at radius 3 is 2.80 bits per heavy atom. The van der Waals surface area contributed by atoms with Gasteiger partial charge < -0.3 is 9.15 Å². The van der Waals surface area contributed by atoms with Gasteiger partial charge in [0.25, 0.3) is 5.56 Å². The number of furan rings is 1. The van der Waals surface area contributed by atoms with Gasteiger partial charge >= 0.3 is 5.97 Å². The number of rotatable bonds is 4. The summed E-state index contributed by atoms with van der Waals surface area (Å²) in [5.41, 5.74) is 2.02. The van der Waals surface area contributed by atoms with Gasteiger partial charge in [-0.25, -0.2) is 9.78 Å². The van der Waals surface area contributed by atoms with Gasteiger partial charge in [0.1, 0.15) is 17.1 Å². The fraction of sp³-hybridized carbons (Fsp3) is 0.278. The smallest absolute Gasteiger partial charge is 0.341 e. The molecule has 0 saturated heterocycles. The van der Waals surface area contributed by atoms with Crippen LogP contribution in [-0.4, -0.2) is 22.6 Å². The maximum Gasteiger partial charge on any atom is 0.341 e. The lowest BCUT2D eigenvalue weighted by molar-refractivity contribution is 0.0599. The van der Waals surface area contributed by atoms with Crippen molar-refractivity contribution in [2.45, 2.75) is 24.8 Å². The minimum Gasteiger partial charge on any atom is -0.465 e. The predicted octanol–water partition coefficient (Wildman–Crippen LogP) is 3.22. The van der Waals surface area contributed by atoms with Gasteiger partial charge in [-0.05, 0) is 32.0 Å². The molecular weight excluding hydrogens is 340 g/mol. The molecule has 0 atom stereocenters. The molecule has 7 heteroatoms. The number of aromatic nitrogens is 2. The molecule has 25 heavy (non-hydrogen) atoms. The lowest BCUT2D eigenvalue weighted by atomic mass is 10.2. The minimum absolute atomic E-state index is 0.0814. The second-order valence-electron chi connectivity index (χ2n) is 5.74. The van der Waals surface area contributed by atoms with Crippen molar-refractivity contribution in [1.82, 2.24) is 9.55 Å². The lowest BCUT2D eigenvalue weighted by Gasteiger charge is -2.08. The first-order valence-corrected chi connectivity index (χ1v) is 8.67. The molecule has 3 aromatic rings. The van der Waals surface area contributed by atoms with E-state index in [-0.39, 0.29) is 5.56 Å². The molecule has 1 aromatic carbocycles. The lowest BCUT2D eigenvalue weighted by Crippen LogP contribution is -2.20. The van der Waals surface area contributed by atoms with E-state index in [0.29, 0.717) is 38.9 Å². The number of benzene rings is 1. The number of nitrogens with zero attached hydrogens (tertiary/aromatic N) is 2. The molecule has 0 unspecified atom stereocenters. The highest BCUT2D eigenvalue weighted by molar-refractivity contribution is 7.98. The molecule has 0 fully saturated rings. The Labute approximate surface area is 148 Å². The molecule has 2 heterocycles. The zero-order chi connectivity index (χ0) is 18.1. The summed E-state index contributed by atoms with van der Waals surface area (Å²) in [6, 6.07) is 7.29. The van der Waals surface area contributed by atoms with Crippen LogP contribution in [0.15, 0.2) is 38.6 Å². The molecule has 130 valence electrons. The van der Waals surface area contributed by atoms with E-state index in [1.165, 1.54) is 23.4 Å². The second-order valence-corrected chi connectivity index (χ2v) is 6.68. The number of thioether (sulfide) groups is 1. The zero-order valence-electron chi connectivity index (χ0n) is 14.5. The third kappa shape index (κ3) is 3.32. The minimum atomic E-state index is -0.427. The predicted molar refractivity (Wildman–Crippen MR) is 96.1 cm³/mol. The van der Waals surface area contributed by atoms with Crippen LogP contribution >= 0.6 is 11.8 Å². The molecule has 6 nitrogen and oxygen atoms in total. The monoisotopic (exact) mass is 358 g/mol. The van der Waals surface area contributed by atoms with E-state index < -0.39 is 5.97 Å². The third-order valence-corrected chi connectivity index (χ3v) is 4.96. The first-order chi connectivity index (χ1) is 11.9. The summed E-state index contributed by atoms with van der Waals surface area (Å²) in [4.78, 5) is 28.7. The maximum atomic E-state index is 12.5. The van der Waals surface area contributed by atoms with E-state index in [9.17, 15) is 9.59 Å². The summed E-state index contributed by atoms with van der Waals surface area (Å²) < 4.78 is 11.8. The van der Waals surface area contributed by atoms with Gasteiger partial charge in [0.2, 0.25) is 0 Å². The third-order valence-electron chi connectivity index (χ3n) is 3.91. The zero-order valence-corrected chi connectivity index (χ0v) is 15.3. The topological polar surface area (TPSA) is 74.3 Å². The normalized spacial score (nSPS) is 11.0.